The molecule has 52 valence electrons. The van der Waals surface area contributed by atoms with Crippen LogP contribution in [0.3, 0.4) is 0 Å². The third-order valence-electron chi connectivity index (χ3n) is 1.19. The monoisotopic (exact) mass is 240 g/mol. The van der Waals surface area contributed by atoms with Crippen molar-refractivity contribution in [3.8, 4) is 0 Å². The van der Waals surface area contributed by atoms with Crippen molar-refractivity contribution in [2.45, 2.75) is 23.9 Å². The summed E-state index contributed by atoms with van der Waals surface area (Å²) in [6.07, 6.45) is 2.06. The lowest BCUT2D eigenvalue weighted by molar-refractivity contribution is -0.145. The predicted molar refractivity (Wildman–Crippen MR) is 42.3 cm³/mol. The zero-order valence-electron chi connectivity index (χ0n) is 5.26. The highest BCUT2D eigenvalue weighted by Gasteiger charge is 2.31. The largest absolute Gasteiger partial charge is 0.452 e. The molecule has 1 atom stereocenters. The zero-order chi connectivity index (χ0) is 6.85. The van der Waals surface area contributed by atoms with Crippen molar-refractivity contribution < 1.29 is 9.53 Å². The molecule has 0 aliphatic heterocycles. The quantitative estimate of drug-likeness (QED) is 0.417. The fourth-order valence-electron chi connectivity index (χ4n) is 0.575. The van der Waals surface area contributed by atoms with Crippen molar-refractivity contribution in [1.82, 2.24) is 0 Å². The van der Waals surface area contributed by atoms with Gasteiger partial charge in [-0.25, -0.2) is 0 Å². The molecule has 0 aromatic rings. The summed E-state index contributed by atoms with van der Waals surface area (Å²) in [5.41, 5.74) is 0. The second-order valence-corrected chi connectivity index (χ2v) is 4.01. The SMILES string of the molecule is CC(I)OC(=O)C1CC1. The van der Waals surface area contributed by atoms with Crippen LogP contribution in [0, 0.1) is 5.92 Å². The first kappa shape index (κ1) is 7.31. The maximum Gasteiger partial charge on any atom is 0.309 e. The van der Waals surface area contributed by atoms with Gasteiger partial charge in [0.25, 0.3) is 0 Å². The van der Waals surface area contributed by atoms with Gasteiger partial charge in [0.05, 0.1) is 5.92 Å². The van der Waals surface area contributed by atoms with Crippen molar-refractivity contribution in [2.75, 3.05) is 0 Å². The van der Waals surface area contributed by atoms with Crippen LogP contribution < -0.4 is 0 Å². The Morgan fingerprint density at radius 1 is 1.78 bits per heavy atom. The van der Waals surface area contributed by atoms with E-state index in [1.807, 2.05) is 6.92 Å². The highest BCUT2D eigenvalue weighted by Crippen LogP contribution is 2.30. The molecule has 1 rings (SSSR count). The van der Waals surface area contributed by atoms with E-state index in [1.54, 1.807) is 0 Å². The number of carbonyl (C=O) groups excluding carboxylic acids is 1. The van der Waals surface area contributed by atoms with Gasteiger partial charge in [0, 0.05) is 0 Å². The Bertz CT molecular complexity index is 118. The van der Waals surface area contributed by atoms with E-state index in [0.29, 0.717) is 0 Å². The summed E-state index contributed by atoms with van der Waals surface area (Å²) in [6, 6.07) is 0. The molecule has 1 fully saturated rings. The van der Waals surface area contributed by atoms with Crippen molar-refractivity contribution in [3.63, 3.8) is 0 Å². The summed E-state index contributed by atoms with van der Waals surface area (Å²) in [7, 11) is 0. The van der Waals surface area contributed by atoms with Gasteiger partial charge in [0.2, 0.25) is 0 Å². The molecule has 0 amide bonds. The van der Waals surface area contributed by atoms with Gasteiger partial charge >= 0.3 is 5.97 Å². The van der Waals surface area contributed by atoms with Crippen molar-refractivity contribution in [3.05, 3.63) is 0 Å². The zero-order valence-corrected chi connectivity index (χ0v) is 7.42. The van der Waals surface area contributed by atoms with Crippen LogP contribution in [0.25, 0.3) is 0 Å². The molecule has 0 spiro atoms. The van der Waals surface area contributed by atoms with Crippen LogP contribution in [0.15, 0.2) is 0 Å². The fraction of sp³-hybridized carbons (Fsp3) is 0.833. The molecule has 0 aromatic heterocycles. The Hall–Kier alpha value is 0.200. The molecular weight excluding hydrogens is 231 g/mol. The third kappa shape index (κ3) is 2.51. The molecule has 0 radical (unpaired) electrons. The average Bonchev–Trinajstić information content (AvgIpc) is 2.40. The van der Waals surface area contributed by atoms with Gasteiger partial charge in [0.15, 0.2) is 0 Å². The molecule has 1 aliphatic carbocycles. The van der Waals surface area contributed by atoms with Crippen LogP contribution in [0.2, 0.25) is 0 Å². The Morgan fingerprint density at radius 3 is 2.67 bits per heavy atom. The minimum Gasteiger partial charge on any atom is -0.452 e. The summed E-state index contributed by atoms with van der Waals surface area (Å²) in [5, 5.41) is 0. The summed E-state index contributed by atoms with van der Waals surface area (Å²) < 4.78 is 4.95. The van der Waals surface area contributed by atoms with E-state index in [2.05, 4.69) is 22.6 Å². The maximum atomic E-state index is 10.8. The molecule has 1 unspecified atom stereocenters. The second-order valence-electron chi connectivity index (χ2n) is 2.25. The van der Waals surface area contributed by atoms with Crippen LogP contribution in [-0.4, -0.2) is 10.1 Å². The minimum absolute atomic E-state index is 0.0168. The molecule has 0 bridgehead atoms. The molecule has 2 nitrogen and oxygen atoms in total. The van der Waals surface area contributed by atoms with Crippen LogP contribution in [0.4, 0.5) is 0 Å². The topological polar surface area (TPSA) is 26.3 Å². The number of hydrogen-bond donors (Lipinski definition) is 0. The van der Waals surface area contributed by atoms with Gasteiger partial charge in [-0.1, -0.05) is 0 Å². The highest BCUT2D eigenvalue weighted by molar-refractivity contribution is 14.1. The summed E-state index contributed by atoms with van der Waals surface area (Å²) in [4.78, 5) is 10.8. The second kappa shape index (κ2) is 2.86. The van der Waals surface area contributed by atoms with Gasteiger partial charge in [0.1, 0.15) is 4.11 Å². The molecule has 0 N–H and O–H groups in total. The number of carbonyl (C=O) groups is 1. The van der Waals surface area contributed by atoms with Gasteiger partial charge in [-0.05, 0) is 42.4 Å². The van der Waals surface area contributed by atoms with Crippen molar-refractivity contribution >= 4 is 28.6 Å². The normalized spacial score (nSPS) is 21.1. The fourth-order valence-corrected chi connectivity index (χ4v) is 0.826. The first-order chi connectivity index (χ1) is 4.20. The number of ether oxygens (including phenoxy) is 1. The Labute approximate surface area is 68.1 Å². The van der Waals surface area contributed by atoms with Gasteiger partial charge in [-0.15, -0.1) is 0 Å². The van der Waals surface area contributed by atoms with Gasteiger partial charge < -0.3 is 4.74 Å². The molecule has 3 heteroatoms. The van der Waals surface area contributed by atoms with Crippen molar-refractivity contribution in [2.24, 2.45) is 5.92 Å². The molecule has 9 heavy (non-hydrogen) atoms. The van der Waals surface area contributed by atoms with Gasteiger partial charge in [-0.3, -0.25) is 4.79 Å². The average molecular weight is 240 g/mol. The van der Waals surface area contributed by atoms with Crippen LogP contribution in [0.1, 0.15) is 19.8 Å². The standard InChI is InChI=1S/C6H9IO2/c1-4(7)9-6(8)5-2-3-5/h4-5H,2-3H2,1H3. The number of rotatable bonds is 2. The predicted octanol–water partition coefficient (Wildman–Crippen LogP) is 1.72. The van der Waals surface area contributed by atoms with Crippen LogP contribution >= 0.6 is 22.6 Å². The van der Waals surface area contributed by atoms with Crippen LogP contribution in [-0.2, 0) is 9.53 Å². The summed E-state index contributed by atoms with van der Waals surface area (Å²) in [5.74, 6) is 0.221. The van der Waals surface area contributed by atoms with Crippen LogP contribution in [0.5, 0.6) is 0 Å². The number of alkyl halides is 1. The third-order valence-corrected chi connectivity index (χ3v) is 1.44. The first-order valence-corrected chi connectivity index (χ1v) is 4.29. The highest BCUT2D eigenvalue weighted by atomic mass is 127. The number of halogens is 1. The lowest BCUT2D eigenvalue weighted by Gasteiger charge is -2.03. The molecular formula is C6H9IO2. The Morgan fingerprint density at radius 2 is 2.33 bits per heavy atom. The molecule has 0 heterocycles. The van der Waals surface area contributed by atoms with E-state index in [-0.39, 0.29) is 16.0 Å². The summed E-state index contributed by atoms with van der Waals surface area (Å²) >= 11 is 2.08. The van der Waals surface area contributed by atoms with E-state index in [9.17, 15) is 4.79 Å². The van der Waals surface area contributed by atoms with E-state index in [4.69, 9.17) is 4.74 Å². The number of hydrogen-bond acceptors (Lipinski definition) is 2. The number of esters is 1. The van der Waals surface area contributed by atoms with E-state index >= 15 is 0 Å². The van der Waals surface area contributed by atoms with E-state index in [0.717, 1.165) is 12.8 Å². The Kier molecular flexibility index (Phi) is 2.32. The lowest BCUT2D eigenvalue weighted by atomic mass is 10.4. The molecule has 0 saturated heterocycles. The maximum absolute atomic E-state index is 10.8. The smallest absolute Gasteiger partial charge is 0.309 e. The van der Waals surface area contributed by atoms with Gasteiger partial charge in [-0.2, -0.15) is 0 Å². The molecule has 1 saturated carbocycles. The lowest BCUT2D eigenvalue weighted by Crippen LogP contribution is -2.10. The van der Waals surface area contributed by atoms with E-state index < -0.39 is 0 Å². The van der Waals surface area contributed by atoms with E-state index in [1.165, 1.54) is 0 Å². The molecule has 1 aliphatic rings. The van der Waals surface area contributed by atoms with Crippen molar-refractivity contribution in [1.29, 1.82) is 0 Å². The minimum atomic E-state index is -0.0168. The first-order valence-electron chi connectivity index (χ1n) is 3.04. The summed E-state index contributed by atoms with van der Waals surface area (Å²) in [6.45, 7) is 1.86. The molecule has 0 aromatic carbocycles. The Balaban J connectivity index is 2.18.